The van der Waals surface area contributed by atoms with Crippen LogP contribution in [0.15, 0.2) is 60.7 Å². The van der Waals surface area contributed by atoms with Crippen molar-refractivity contribution in [1.29, 1.82) is 0 Å². The number of aliphatic hydroxyl groups excluding tert-OH is 1. The highest BCUT2D eigenvalue weighted by atomic mass is 16.3. The van der Waals surface area contributed by atoms with Crippen LogP contribution < -0.4 is 4.90 Å². The molecule has 0 heterocycles. The average molecular weight is 393 g/mol. The summed E-state index contributed by atoms with van der Waals surface area (Å²) in [7, 11) is 0. The largest absolute Gasteiger partial charge is 0.391 e. The van der Waals surface area contributed by atoms with Gasteiger partial charge in [0.25, 0.3) is 0 Å². The van der Waals surface area contributed by atoms with Gasteiger partial charge in [-0.15, -0.1) is 0 Å². The van der Waals surface area contributed by atoms with Crippen molar-refractivity contribution >= 4 is 0 Å². The smallest absolute Gasteiger partial charge is 0.139 e. The maximum absolute atomic E-state index is 11.6. The second-order valence-corrected chi connectivity index (χ2v) is 8.19. The van der Waals surface area contributed by atoms with Crippen molar-refractivity contribution in [2.75, 3.05) is 26.2 Å². The van der Waals surface area contributed by atoms with Crippen LogP contribution in [0.25, 0.3) is 0 Å². The Bertz CT molecular complexity index is 775. The first-order chi connectivity index (χ1) is 14.2. The molecule has 2 unspecified atom stereocenters. The molecule has 3 nitrogen and oxygen atoms in total. The Balaban J connectivity index is 1.61. The van der Waals surface area contributed by atoms with Crippen molar-refractivity contribution in [3.8, 4) is 11.8 Å². The molecule has 2 aromatic rings. The zero-order chi connectivity index (χ0) is 20.4. The first kappa shape index (κ1) is 21.6. The Morgan fingerprint density at radius 3 is 2.21 bits per heavy atom. The summed E-state index contributed by atoms with van der Waals surface area (Å²) >= 11 is 0. The van der Waals surface area contributed by atoms with Crippen LogP contribution in [-0.4, -0.2) is 36.5 Å². The van der Waals surface area contributed by atoms with Gasteiger partial charge in [0.15, 0.2) is 0 Å². The van der Waals surface area contributed by atoms with Crippen molar-refractivity contribution < 1.29 is 15.1 Å². The van der Waals surface area contributed by atoms with Gasteiger partial charge in [-0.1, -0.05) is 79.4 Å². The molecule has 1 fully saturated rings. The van der Waals surface area contributed by atoms with E-state index in [4.69, 9.17) is 0 Å². The van der Waals surface area contributed by atoms with Crippen molar-refractivity contribution in [3.63, 3.8) is 0 Å². The zero-order valence-electron chi connectivity index (χ0n) is 17.3. The van der Waals surface area contributed by atoms with E-state index in [1.807, 2.05) is 36.4 Å². The minimum atomic E-state index is -0.855. The molecule has 0 aromatic heterocycles. The van der Waals surface area contributed by atoms with Gasteiger partial charge >= 0.3 is 0 Å². The van der Waals surface area contributed by atoms with Crippen LogP contribution in [0.1, 0.15) is 43.2 Å². The second kappa shape index (κ2) is 11.2. The van der Waals surface area contributed by atoms with Crippen LogP contribution in [0.5, 0.6) is 0 Å². The molecule has 0 bridgehead atoms. The number of rotatable bonds is 9. The summed E-state index contributed by atoms with van der Waals surface area (Å²) in [5.41, 5.74) is 1.45. The Morgan fingerprint density at radius 2 is 1.55 bits per heavy atom. The number of hydrogen-bond donors (Lipinski definition) is 3. The maximum atomic E-state index is 11.6. The van der Waals surface area contributed by atoms with Gasteiger partial charge in [0, 0.05) is 12.8 Å². The molecule has 0 saturated heterocycles. The summed E-state index contributed by atoms with van der Waals surface area (Å²) < 4.78 is 0. The third-order valence-electron chi connectivity index (χ3n) is 6.20. The molecule has 29 heavy (non-hydrogen) atoms. The average Bonchev–Trinajstić information content (AvgIpc) is 3.32. The Hall–Kier alpha value is -2.12. The Kier molecular flexibility index (Phi) is 8.31. The SMILES string of the molecule is OCC[NH+](CC#CCC(O)(c1ccccc1)C1CCCC1)CCc1ccccc1. The lowest BCUT2D eigenvalue weighted by Gasteiger charge is -2.33. The molecule has 2 aromatic carbocycles. The predicted octanol–water partition coefficient (Wildman–Crippen LogP) is 2.58. The molecule has 1 aliphatic carbocycles. The molecule has 1 saturated carbocycles. The molecule has 0 aliphatic heterocycles. The van der Waals surface area contributed by atoms with Crippen LogP contribution in [0.2, 0.25) is 0 Å². The quantitative estimate of drug-likeness (QED) is 0.575. The van der Waals surface area contributed by atoms with E-state index in [1.54, 1.807) is 0 Å². The predicted molar refractivity (Wildman–Crippen MR) is 117 cm³/mol. The lowest BCUT2D eigenvalue weighted by atomic mass is 9.78. The van der Waals surface area contributed by atoms with Gasteiger partial charge in [-0.25, -0.2) is 0 Å². The minimum Gasteiger partial charge on any atom is -0.391 e. The fourth-order valence-corrected chi connectivity index (χ4v) is 4.42. The fourth-order valence-electron chi connectivity index (χ4n) is 4.42. The van der Waals surface area contributed by atoms with E-state index < -0.39 is 5.60 Å². The lowest BCUT2D eigenvalue weighted by Crippen LogP contribution is -3.12. The minimum absolute atomic E-state index is 0.168. The maximum Gasteiger partial charge on any atom is 0.139 e. The standard InChI is InChI=1S/C26H33NO2/c28-22-21-27(20-17-23-11-3-1-4-12-23)19-10-9-18-26(29,25-15-7-8-16-25)24-13-5-2-6-14-24/h1-6,11-14,25,28-29H,7-8,15-22H2/p+1. The van der Waals surface area contributed by atoms with Crippen LogP contribution in [-0.2, 0) is 12.0 Å². The summed E-state index contributed by atoms with van der Waals surface area (Å²) in [5, 5.41) is 21.0. The zero-order valence-corrected chi connectivity index (χ0v) is 17.3. The summed E-state index contributed by atoms with van der Waals surface area (Å²) in [6.07, 6.45) is 6.00. The van der Waals surface area contributed by atoms with Crippen molar-refractivity contribution in [1.82, 2.24) is 0 Å². The van der Waals surface area contributed by atoms with Crippen LogP contribution >= 0.6 is 0 Å². The first-order valence-corrected chi connectivity index (χ1v) is 10.9. The van der Waals surface area contributed by atoms with E-state index in [-0.39, 0.29) is 12.5 Å². The number of hydrogen-bond acceptors (Lipinski definition) is 2. The molecule has 3 heteroatoms. The third kappa shape index (κ3) is 6.18. The molecule has 0 amide bonds. The molecular formula is C26H34NO2+. The Labute approximate surface area is 175 Å². The first-order valence-electron chi connectivity index (χ1n) is 10.9. The summed E-state index contributed by atoms with van der Waals surface area (Å²) in [6.45, 7) is 2.52. The molecule has 154 valence electrons. The van der Waals surface area contributed by atoms with E-state index in [1.165, 1.54) is 23.3 Å². The highest BCUT2D eigenvalue weighted by molar-refractivity contribution is 5.26. The summed E-state index contributed by atoms with van der Waals surface area (Å²) in [5.74, 6) is 6.87. The van der Waals surface area contributed by atoms with Gasteiger partial charge in [-0.3, -0.25) is 0 Å². The van der Waals surface area contributed by atoms with E-state index in [9.17, 15) is 10.2 Å². The summed E-state index contributed by atoms with van der Waals surface area (Å²) in [4.78, 5) is 1.29. The fraction of sp³-hybridized carbons (Fsp3) is 0.462. The molecule has 3 rings (SSSR count). The number of aliphatic hydroxyl groups is 2. The third-order valence-corrected chi connectivity index (χ3v) is 6.20. The number of benzene rings is 2. The van der Waals surface area contributed by atoms with E-state index >= 15 is 0 Å². The number of nitrogens with one attached hydrogen (secondary N) is 1. The van der Waals surface area contributed by atoms with Crippen molar-refractivity contribution in [3.05, 3.63) is 71.8 Å². The van der Waals surface area contributed by atoms with Gasteiger partial charge in [-0.2, -0.15) is 0 Å². The monoisotopic (exact) mass is 392 g/mol. The van der Waals surface area contributed by atoms with E-state index in [0.29, 0.717) is 19.5 Å². The van der Waals surface area contributed by atoms with Gasteiger partial charge in [-0.05, 0) is 35.8 Å². The van der Waals surface area contributed by atoms with Crippen LogP contribution in [0.3, 0.4) is 0 Å². The Morgan fingerprint density at radius 1 is 0.897 bits per heavy atom. The molecule has 0 radical (unpaired) electrons. The lowest BCUT2D eigenvalue weighted by molar-refractivity contribution is -0.892. The number of quaternary nitrogens is 1. The van der Waals surface area contributed by atoms with Gasteiger partial charge in [0.1, 0.15) is 18.7 Å². The molecule has 2 atom stereocenters. The van der Waals surface area contributed by atoms with Crippen molar-refractivity contribution in [2.45, 2.75) is 44.1 Å². The van der Waals surface area contributed by atoms with E-state index in [0.717, 1.165) is 31.4 Å². The van der Waals surface area contributed by atoms with Crippen molar-refractivity contribution in [2.24, 2.45) is 5.92 Å². The van der Waals surface area contributed by atoms with Gasteiger partial charge in [0.2, 0.25) is 0 Å². The highest BCUT2D eigenvalue weighted by Gasteiger charge is 2.39. The van der Waals surface area contributed by atoms with Gasteiger partial charge < -0.3 is 15.1 Å². The van der Waals surface area contributed by atoms with Gasteiger partial charge in [0.05, 0.1) is 13.2 Å². The highest BCUT2D eigenvalue weighted by Crippen LogP contribution is 2.42. The summed E-state index contributed by atoms with van der Waals surface area (Å²) in [6, 6.07) is 20.5. The van der Waals surface area contributed by atoms with Crippen LogP contribution in [0, 0.1) is 17.8 Å². The topological polar surface area (TPSA) is 44.9 Å². The molecule has 0 spiro atoms. The molecular weight excluding hydrogens is 358 g/mol. The molecule has 1 aliphatic rings. The van der Waals surface area contributed by atoms with E-state index in [2.05, 4.69) is 36.1 Å². The van der Waals surface area contributed by atoms with Crippen LogP contribution in [0.4, 0.5) is 0 Å². The molecule has 3 N–H and O–H groups in total. The normalized spacial score (nSPS) is 17.3. The second-order valence-electron chi connectivity index (χ2n) is 8.19.